The van der Waals surface area contributed by atoms with E-state index in [4.69, 9.17) is 9.73 Å². The summed E-state index contributed by atoms with van der Waals surface area (Å²) in [5, 5.41) is 10.5. The van der Waals surface area contributed by atoms with Gasteiger partial charge in [0.2, 0.25) is 0 Å². The molecule has 3 aliphatic heterocycles. The average Bonchev–Trinajstić information content (AvgIpc) is 3.49. The molecule has 2 saturated heterocycles. The van der Waals surface area contributed by atoms with Crippen molar-refractivity contribution in [2.75, 3.05) is 32.8 Å². The number of ether oxygens (including phenoxy) is 1. The van der Waals surface area contributed by atoms with Gasteiger partial charge in [0.25, 0.3) is 5.91 Å². The van der Waals surface area contributed by atoms with Crippen LogP contribution in [0.3, 0.4) is 0 Å². The Balaban J connectivity index is 1.30. The summed E-state index contributed by atoms with van der Waals surface area (Å²) in [6, 6.07) is 18.4. The maximum absolute atomic E-state index is 13.7. The van der Waals surface area contributed by atoms with Gasteiger partial charge in [0, 0.05) is 62.8 Å². The van der Waals surface area contributed by atoms with Crippen LogP contribution in [0.5, 0.6) is 0 Å². The number of carbonyl (C=O) groups excluding carboxylic acids is 1. The lowest BCUT2D eigenvalue weighted by atomic mass is 9.90. The highest BCUT2D eigenvalue weighted by molar-refractivity contribution is 6.15. The van der Waals surface area contributed by atoms with E-state index in [2.05, 4.69) is 35.3 Å². The highest BCUT2D eigenvalue weighted by Gasteiger charge is 2.50. The van der Waals surface area contributed by atoms with Crippen molar-refractivity contribution < 1.29 is 19.4 Å². The minimum atomic E-state index is -0.903. The second kappa shape index (κ2) is 9.02. The highest BCUT2D eigenvalue weighted by atomic mass is 16.5. The third-order valence-corrected chi connectivity index (χ3v) is 7.62. The van der Waals surface area contributed by atoms with Gasteiger partial charge in [-0.1, -0.05) is 42.5 Å². The van der Waals surface area contributed by atoms with Crippen molar-refractivity contribution in [3.63, 3.8) is 0 Å². The molecule has 2 fully saturated rings. The van der Waals surface area contributed by atoms with Gasteiger partial charge in [-0.15, -0.1) is 0 Å². The van der Waals surface area contributed by atoms with Crippen LogP contribution < -0.4 is 0 Å². The Morgan fingerprint density at radius 2 is 1.81 bits per heavy atom. The number of rotatable bonds is 4. The fraction of sp³-hybridized carbons (Fsp3) is 0.357. The number of amides is 2. The van der Waals surface area contributed by atoms with Crippen LogP contribution in [0.1, 0.15) is 24.8 Å². The molecular formula is C28H28N4O4. The summed E-state index contributed by atoms with van der Waals surface area (Å²) in [6.07, 6.45) is 2.78. The SMILES string of the molecule is O=C(O)N1CC[C@@H](CN2C(=O)C3(CCOCC3)N=C2c2ccc(-c3ccc4cccnc4c3)cc2)C1. The number of hydrogen-bond acceptors (Lipinski definition) is 5. The molecule has 2 aromatic carbocycles. The van der Waals surface area contributed by atoms with Gasteiger partial charge in [0.1, 0.15) is 11.4 Å². The van der Waals surface area contributed by atoms with Gasteiger partial charge in [0.15, 0.2) is 0 Å². The number of pyridine rings is 1. The molecule has 3 aromatic rings. The molecule has 36 heavy (non-hydrogen) atoms. The number of amidine groups is 1. The first-order chi connectivity index (χ1) is 17.5. The lowest BCUT2D eigenvalue weighted by Gasteiger charge is -2.30. The molecule has 1 atom stereocenters. The van der Waals surface area contributed by atoms with Crippen LogP contribution in [0.4, 0.5) is 4.79 Å². The predicted octanol–water partition coefficient (Wildman–Crippen LogP) is 4.04. The quantitative estimate of drug-likeness (QED) is 0.603. The zero-order valence-corrected chi connectivity index (χ0v) is 20.0. The van der Waals surface area contributed by atoms with Crippen LogP contribution in [0.15, 0.2) is 65.8 Å². The molecule has 184 valence electrons. The van der Waals surface area contributed by atoms with Gasteiger partial charge in [-0.2, -0.15) is 0 Å². The molecule has 1 aromatic heterocycles. The first-order valence-corrected chi connectivity index (χ1v) is 12.5. The van der Waals surface area contributed by atoms with Crippen LogP contribution in [-0.2, 0) is 9.53 Å². The fourth-order valence-electron chi connectivity index (χ4n) is 5.55. The molecule has 4 heterocycles. The highest BCUT2D eigenvalue weighted by Crippen LogP contribution is 2.36. The summed E-state index contributed by atoms with van der Waals surface area (Å²) in [4.78, 5) is 37.8. The van der Waals surface area contributed by atoms with E-state index in [0.717, 1.165) is 34.0 Å². The number of aliphatic imine (C=N–C) groups is 1. The summed E-state index contributed by atoms with van der Waals surface area (Å²) in [7, 11) is 0. The molecule has 0 radical (unpaired) electrons. The van der Waals surface area contributed by atoms with Crippen LogP contribution in [0, 0.1) is 5.92 Å². The van der Waals surface area contributed by atoms with Gasteiger partial charge in [-0.05, 0) is 35.6 Å². The molecule has 2 amide bonds. The minimum absolute atomic E-state index is 0.0132. The zero-order chi connectivity index (χ0) is 24.7. The molecule has 6 rings (SSSR count). The largest absolute Gasteiger partial charge is 0.465 e. The molecule has 0 aliphatic carbocycles. The van der Waals surface area contributed by atoms with Crippen molar-refractivity contribution in [3.8, 4) is 11.1 Å². The topological polar surface area (TPSA) is 95.3 Å². The second-order valence-electron chi connectivity index (χ2n) is 9.87. The first kappa shape index (κ1) is 22.7. The number of fused-ring (bicyclic) bond motifs is 1. The van der Waals surface area contributed by atoms with Crippen molar-refractivity contribution in [2.24, 2.45) is 10.9 Å². The van der Waals surface area contributed by atoms with E-state index in [1.165, 1.54) is 4.90 Å². The third kappa shape index (κ3) is 4.01. The van der Waals surface area contributed by atoms with Crippen molar-refractivity contribution in [2.45, 2.75) is 24.8 Å². The lowest BCUT2D eigenvalue weighted by Crippen LogP contribution is -2.47. The Bertz CT molecular complexity index is 1350. The van der Waals surface area contributed by atoms with Crippen LogP contribution in [0.2, 0.25) is 0 Å². The maximum atomic E-state index is 13.7. The molecular weight excluding hydrogens is 456 g/mol. The second-order valence-corrected chi connectivity index (χ2v) is 9.87. The van der Waals surface area contributed by atoms with Gasteiger partial charge in [-0.3, -0.25) is 19.7 Å². The van der Waals surface area contributed by atoms with E-state index in [-0.39, 0.29) is 11.8 Å². The van der Waals surface area contributed by atoms with Gasteiger partial charge >= 0.3 is 6.09 Å². The standard InChI is InChI=1S/C28H28N4O4/c33-26-28(10-14-36-15-11-28)30-25(32(26)18-19-9-13-31(17-19)27(34)35)22-6-3-20(4-7-22)23-8-5-21-2-1-12-29-24(21)16-23/h1-8,12,16,19H,9-11,13-15,17-18H2,(H,34,35)/t19-/m1/s1. The molecule has 8 heteroatoms. The Morgan fingerprint density at radius 3 is 2.56 bits per heavy atom. The number of carboxylic acid groups (broad SMARTS) is 1. The van der Waals surface area contributed by atoms with Crippen LogP contribution in [0.25, 0.3) is 22.0 Å². The molecule has 3 aliphatic rings. The molecule has 0 unspecified atom stereocenters. The monoisotopic (exact) mass is 484 g/mol. The van der Waals surface area contributed by atoms with Crippen molar-refractivity contribution in [1.29, 1.82) is 0 Å². The Kier molecular flexibility index (Phi) is 5.68. The molecule has 0 saturated carbocycles. The van der Waals surface area contributed by atoms with Crippen molar-refractivity contribution >= 4 is 28.7 Å². The van der Waals surface area contributed by atoms with E-state index in [9.17, 15) is 14.7 Å². The molecule has 1 spiro atoms. The van der Waals surface area contributed by atoms with Crippen molar-refractivity contribution in [1.82, 2.24) is 14.8 Å². The Hall–Kier alpha value is -3.78. The normalized spacial score (nSPS) is 21.4. The van der Waals surface area contributed by atoms with Crippen LogP contribution >= 0.6 is 0 Å². The summed E-state index contributed by atoms with van der Waals surface area (Å²) in [5.74, 6) is 0.788. The summed E-state index contributed by atoms with van der Waals surface area (Å²) in [6.45, 7) is 2.45. The molecule has 8 nitrogen and oxygen atoms in total. The van der Waals surface area contributed by atoms with E-state index < -0.39 is 11.6 Å². The van der Waals surface area contributed by atoms with Gasteiger partial charge < -0.3 is 14.7 Å². The van der Waals surface area contributed by atoms with E-state index in [0.29, 0.717) is 51.5 Å². The number of hydrogen-bond donors (Lipinski definition) is 1. The molecule has 0 bridgehead atoms. The minimum Gasteiger partial charge on any atom is -0.465 e. The Labute approximate surface area is 209 Å². The van der Waals surface area contributed by atoms with E-state index in [1.807, 2.05) is 24.3 Å². The van der Waals surface area contributed by atoms with E-state index >= 15 is 0 Å². The number of likely N-dealkylation sites (tertiary alicyclic amines) is 1. The third-order valence-electron chi connectivity index (χ3n) is 7.62. The average molecular weight is 485 g/mol. The number of carbonyl (C=O) groups is 2. The zero-order valence-electron chi connectivity index (χ0n) is 20.0. The summed E-state index contributed by atoms with van der Waals surface area (Å²) in [5.41, 5.74) is 3.21. The van der Waals surface area contributed by atoms with E-state index in [1.54, 1.807) is 11.1 Å². The smallest absolute Gasteiger partial charge is 0.407 e. The summed E-state index contributed by atoms with van der Waals surface area (Å²) < 4.78 is 5.53. The number of aromatic nitrogens is 1. The number of nitrogens with zero attached hydrogens (tertiary/aromatic N) is 4. The van der Waals surface area contributed by atoms with Crippen LogP contribution in [-0.4, -0.2) is 76.1 Å². The first-order valence-electron chi connectivity index (χ1n) is 12.5. The predicted molar refractivity (Wildman–Crippen MR) is 136 cm³/mol. The maximum Gasteiger partial charge on any atom is 0.407 e. The van der Waals surface area contributed by atoms with Crippen molar-refractivity contribution in [3.05, 3.63) is 66.4 Å². The van der Waals surface area contributed by atoms with Gasteiger partial charge in [0.05, 0.1) is 5.52 Å². The fourth-order valence-corrected chi connectivity index (χ4v) is 5.55. The lowest BCUT2D eigenvalue weighted by molar-refractivity contribution is -0.134. The molecule has 1 N–H and O–H groups in total. The number of benzene rings is 2. The van der Waals surface area contributed by atoms with Gasteiger partial charge in [-0.25, -0.2) is 4.79 Å². The summed E-state index contributed by atoms with van der Waals surface area (Å²) >= 11 is 0. The Morgan fingerprint density at radius 1 is 1.06 bits per heavy atom.